The summed E-state index contributed by atoms with van der Waals surface area (Å²) in [5.41, 5.74) is 0.380. The van der Waals surface area contributed by atoms with E-state index >= 15 is 0 Å². The number of esters is 1. The van der Waals surface area contributed by atoms with Crippen LogP contribution in [0.2, 0.25) is 0 Å². The molecule has 2 aromatic carbocycles. The average molecular weight is 420 g/mol. The van der Waals surface area contributed by atoms with Crippen LogP contribution in [0.25, 0.3) is 10.9 Å². The molecule has 0 radical (unpaired) electrons. The smallest absolute Gasteiger partial charge is 0.419 e. The van der Waals surface area contributed by atoms with E-state index in [9.17, 15) is 19.2 Å². The van der Waals surface area contributed by atoms with E-state index in [1.807, 2.05) is 0 Å². The number of amides is 2. The van der Waals surface area contributed by atoms with E-state index in [1.54, 1.807) is 57.2 Å². The lowest BCUT2D eigenvalue weighted by molar-refractivity contribution is 0.0489. The van der Waals surface area contributed by atoms with Gasteiger partial charge in [-0.1, -0.05) is 18.2 Å². The number of carbonyl (C=O) groups is 4. The van der Waals surface area contributed by atoms with Crippen molar-refractivity contribution < 1.29 is 28.7 Å². The number of ether oxygens (including phenoxy) is 2. The van der Waals surface area contributed by atoms with Gasteiger partial charge in [0.15, 0.2) is 0 Å². The van der Waals surface area contributed by atoms with Crippen molar-refractivity contribution in [2.75, 3.05) is 12.0 Å². The minimum Gasteiger partial charge on any atom is -0.464 e. The fourth-order valence-electron chi connectivity index (χ4n) is 3.51. The molecule has 1 aliphatic rings. The molecule has 0 fully saturated rings. The lowest BCUT2D eigenvalue weighted by atomic mass is 10.1. The van der Waals surface area contributed by atoms with E-state index in [2.05, 4.69) is 0 Å². The molecular weight excluding hydrogens is 400 g/mol. The second-order valence-electron chi connectivity index (χ2n) is 8.07. The molecule has 8 nitrogen and oxygen atoms in total. The Morgan fingerprint density at radius 3 is 2.06 bits per heavy atom. The van der Waals surface area contributed by atoms with Crippen molar-refractivity contribution in [1.29, 1.82) is 0 Å². The van der Waals surface area contributed by atoms with Crippen LogP contribution in [-0.2, 0) is 9.47 Å². The standard InChI is InChI=1S/C23H20N2O6/c1-23(2,3)31-22(29)25-17-12-14(10-9-13(17)11-18(25)21(28)30-4)24-19(26)15-7-5-6-8-16(15)20(24)27/h5-12H,1-4H3. The first-order valence-corrected chi connectivity index (χ1v) is 9.57. The minimum absolute atomic E-state index is 0.0220. The third-order valence-corrected chi connectivity index (χ3v) is 4.81. The maximum Gasteiger partial charge on any atom is 0.419 e. The van der Waals surface area contributed by atoms with Gasteiger partial charge in [0, 0.05) is 5.39 Å². The molecule has 2 heterocycles. The number of nitrogens with zero attached hydrogens (tertiary/aromatic N) is 2. The van der Waals surface area contributed by atoms with Crippen LogP contribution in [0.3, 0.4) is 0 Å². The third kappa shape index (κ3) is 3.35. The van der Waals surface area contributed by atoms with Crippen LogP contribution in [0.5, 0.6) is 0 Å². The summed E-state index contributed by atoms with van der Waals surface area (Å²) in [6, 6.07) is 12.8. The second kappa shape index (κ2) is 7.09. The molecule has 0 saturated heterocycles. The number of methoxy groups -OCH3 is 1. The van der Waals surface area contributed by atoms with Gasteiger partial charge in [0.2, 0.25) is 0 Å². The lowest BCUT2D eigenvalue weighted by Gasteiger charge is -2.21. The Bertz CT molecular complexity index is 1230. The van der Waals surface area contributed by atoms with Crippen molar-refractivity contribution in [1.82, 2.24) is 4.57 Å². The summed E-state index contributed by atoms with van der Waals surface area (Å²) >= 11 is 0. The monoisotopic (exact) mass is 420 g/mol. The fourth-order valence-corrected chi connectivity index (χ4v) is 3.51. The SMILES string of the molecule is COC(=O)c1cc2ccc(N3C(=O)c4ccccc4C3=O)cc2n1C(=O)OC(C)(C)C. The Hall–Kier alpha value is -3.94. The molecule has 1 aromatic heterocycles. The zero-order valence-electron chi connectivity index (χ0n) is 17.5. The summed E-state index contributed by atoms with van der Waals surface area (Å²) < 4.78 is 11.4. The van der Waals surface area contributed by atoms with Crippen molar-refractivity contribution in [2.24, 2.45) is 0 Å². The summed E-state index contributed by atoms with van der Waals surface area (Å²) in [6.07, 6.45) is -0.776. The number of carbonyl (C=O) groups excluding carboxylic acids is 4. The molecule has 1 aliphatic heterocycles. The highest BCUT2D eigenvalue weighted by Crippen LogP contribution is 2.32. The van der Waals surface area contributed by atoms with E-state index in [0.29, 0.717) is 22.0 Å². The summed E-state index contributed by atoms with van der Waals surface area (Å²) in [4.78, 5) is 51.9. The predicted octanol–water partition coefficient (Wildman–Crippen LogP) is 4.01. The van der Waals surface area contributed by atoms with E-state index in [1.165, 1.54) is 19.2 Å². The van der Waals surface area contributed by atoms with Crippen LogP contribution in [0, 0.1) is 0 Å². The van der Waals surface area contributed by atoms with E-state index < -0.39 is 29.5 Å². The molecule has 2 amide bonds. The molecule has 0 unspecified atom stereocenters. The lowest BCUT2D eigenvalue weighted by Crippen LogP contribution is -2.30. The number of imide groups is 1. The van der Waals surface area contributed by atoms with E-state index in [-0.39, 0.29) is 11.4 Å². The topological polar surface area (TPSA) is 94.9 Å². The Balaban J connectivity index is 1.87. The van der Waals surface area contributed by atoms with Gasteiger partial charge in [-0.2, -0.15) is 0 Å². The van der Waals surface area contributed by atoms with E-state index in [4.69, 9.17) is 9.47 Å². The van der Waals surface area contributed by atoms with Crippen LogP contribution in [0.1, 0.15) is 52.0 Å². The van der Waals surface area contributed by atoms with Gasteiger partial charge in [0.05, 0.1) is 29.4 Å². The zero-order chi connectivity index (χ0) is 22.5. The number of rotatable bonds is 2. The highest BCUT2D eigenvalue weighted by Gasteiger charge is 2.36. The normalized spacial score (nSPS) is 13.5. The van der Waals surface area contributed by atoms with Crippen molar-refractivity contribution in [3.05, 3.63) is 65.4 Å². The number of hydrogen-bond acceptors (Lipinski definition) is 6. The first-order valence-electron chi connectivity index (χ1n) is 9.57. The van der Waals surface area contributed by atoms with Crippen molar-refractivity contribution in [3.63, 3.8) is 0 Å². The minimum atomic E-state index is -0.804. The molecule has 0 aliphatic carbocycles. The molecule has 8 heteroatoms. The quantitative estimate of drug-likeness (QED) is 0.459. The molecule has 3 aromatic rings. The summed E-state index contributed by atoms with van der Waals surface area (Å²) in [5, 5.41) is 0.548. The molecule has 0 bridgehead atoms. The highest BCUT2D eigenvalue weighted by atomic mass is 16.6. The molecule has 0 N–H and O–H groups in total. The van der Waals surface area contributed by atoms with Crippen LogP contribution >= 0.6 is 0 Å². The summed E-state index contributed by atoms with van der Waals surface area (Å²) in [7, 11) is 1.21. The van der Waals surface area contributed by atoms with Gasteiger partial charge in [0.25, 0.3) is 11.8 Å². The maximum absolute atomic E-state index is 12.9. The highest BCUT2D eigenvalue weighted by molar-refractivity contribution is 6.34. The van der Waals surface area contributed by atoms with Crippen LogP contribution < -0.4 is 4.90 Å². The fraction of sp³-hybridized carbons (Fsp3) is 0.217. The van der Waals surface area contributed by atoms with Crippen molar-refractivity contribution in [3.8, 4) is 0 Å². The molecule has 0 spiro atoms. The van der Waals surface area contributed by atoms with Gasteiger partial charge in [0.1, 0.15) is 11.3 Å². The van der Waals surface area contributed by atoms with Crippen LogP contribution in [0.15, 0.2) is 48.5 Å². The first-order chi connectivity index (χ1) is 14.6. The summed E-state index contributed by atoms with van der Waals surface area (Å²) in [5.74, 6) is -1.63. The second-order valence-corrected chi connectivity index (χ2v) is 8.07. The zero-order valence-corrected chi connectivity index (χ0v) is 17.5. The van der Waals surface area contributed by atoms with Crippen molar-refractivity contribution >= 4 is 40.5 Å². The number of fused-ring (bicyclic) bond motifs is 2. The van der Waals surface area contributed by atoms with Gasteiger partial charge < -0.3 is 9.47 Å². The Kier molecular flexibility index (Phi) is 4.65. The Morgan fingerprint density at radius 1 is 0.903 bits per heavy atom. The molecular formula is C23H20N2O6. The van der Waals surface area contributed by atoms with Gasteiger partial charge >= 0.3 is 12.1 Å². The molecule has 158 valence electrons. The maximum atomic E-state index is 12.9. The number of benzene rings is 2. The molecule has 0 atom stereocenters. The number of aromatic nitrogens is 1. The Labute approximate surface area is 178 Å². The predicted molar refractivity (Wildman–Crippen MR) is 112 cm³/mol. The number of hydrogen-bond donors (Lipinski definition) is 0. The van der Waals surface area contributed by atoms with Gasteiger partial charge in [-0.15, -0.1) is 0 Å². The molecule has 4 rings (SSSR count). The van der Waals surface area contributed by atoms with E-state index in [0.717, 1.165) is 9.47 Å². The van der Waals surface area contributed by atoms with Gasteiger partial charge in [-0.05, 0) is 51.1 Å². The first kappa shape index (κ1) is 20.3. The molecule has 0 saturated carbocycles. The van der Waals surface area contributed by atoms with Crippen molar-refractivity contribution in [2.45, 2.75) is 26.4 Å². The third-order valence-electron chi connectivity index (χ3n) is 4.81. The largest absolute Gasteiger partial charge is 0.464 e. The summed E-state index contributed by atoms with van der Waals surface area (Å²) in [6.45, 7) is 5.12. The molecule has 31 heavy (non-hydrogen) atoms. The Morgan fingerprint density at radius 2 is 1.52 bits per heavy atom. The van der Waals surface area contributed by atoms with Crippen LogP contribution in [-0.4, -0.2) is 41.2 Å². The van der Waals surface area contributed by atoms with Crippen LogP contribution in [0.4, 0.5) is 10.5 Å². The average Bonchev–Trinajstić information content (AvgIpc) is 3.22. The number of anilines is 1. The van der Waals surface area contributed by atoms with Gasteiger partial charge in [-0.25, -0.2) is 19.1 Å². The van der Waals surface area contributed by atoms with Gasteiger partial charge in [-0.3, -0.25) is 9.59 Å².